The molecule has 2 aliphatic heterocycles. The van der Waals surface area contributed by atoms with Gasteiger partial charge in [0.1, 0.15) is 18.2 Å². The van der Waals surface area contributed by atoms with Crippen LogP contribution in [0.5, 0.6) is 5.75 Å². The van der Waals surface area contributed by atoms with Crippen molar-refractivity contribution < 1.29 is 18.7 Å². The Morgan fingerprint density at radius 1 is 1.17 bits per heavy atom. The van der Waals surface area contributed by atoms with Crippen LogP contribution in [0.1, 0.15) is 6.42 Å². The zero-order valence-electron chi connectivity index (χ0n) is 19.5. The molecule has 0 spiro atoms. The average Bonchev–Trinajstić information content (AvgIpc) is 2.89. The lowest BCUT2D eigenvalue weighted by Crippen LogP contribution is -2.38. The number of carbonyl (C=O) groups is 1. The summed E-state index contributed by atoms with van der Waals surface area (Å²) in [5.74, 6) is 0.918. The van der Waals surface area contributed by atoms with E-state index in [1.165, 1.54) is 18.2 Å². The minimum absolute atomic E-state index is 0.112. The van der Waals surface area contributed by atoms with E-state index in [-0.39, 0.29) is 11.5 Å². The monoisotopic (exact) mass is 512 g/mol. The third-order valence-corrected chi connectivity index (χ3v) is 6.12. The maximum absolute atomic E-state index is 14.6. The van der Waals surface area contributed by atoms with E-state index in [1.807, 2.05) is 0 Å². The number of morpholine rings is 1. The molecule has 9 nitrogen and oxygen atoms in total. The van der Waals surface area contributed by atoms with Gasteiger partial charge in [-0.25, -0.2) is 14.4 Å². The first kappa shape index (κ1) is 24.2. The number of anilines is 4. The molecule has 5 rings (SSSR count). The number of pyridine rings is 2. The molecule has 1 fully saturated rings. The van der Waals surface area contributed by atoms with Gasteiger partial charge in [0.05, 0.1) is 31.1 Å². The SMILES string of the molecule is O=C(CCN1CCOCC1)Nc1cc(Nc2cc(-c3cc(Cl)ccc3F)nc3c2OCCN3)ccn1. The topological polar surface area (TPSA) is 101 Å². The van der Waals surface area contributed by atoms with Crippen LogP contribution >= 0.6 is 11.6 Å². The summed E-state index contributed by atoms with van der Waals surface area (Å²) in [5, 5.41) is 9.76. The Morgan fingerprint density at radius 3 is 2.89 bits per heavy atom. The molecule has 0 atom stereocenters. The minimum Gasteiger partial charge on any atom is -0.486 e. The van der Waals surface area contributed by atoms with E-state index in [1.54, 1.807) is 24.4 Å². The smallest absolute Gasteiger partial charge is 0.226 e. The number of nitrogens with zero attached hydrogens (tertiary/aromatic N) is 3. The van der Waals surface area contributed by atoms with Gasteiger partial charge in [-0.2, -0.15) is 0 Å². The van der Waals surface area contributed by atoms with Crippen molar-refractivity contribution in [2.24, 2.45) is 0 Å². The fourth-order valence-electron chi connectivity index (χ4n) is 4.07. The van der Waals surface area contributed by atoms with Crippen molar-refractivity contribution in [2.45, 2.75) is 6.42 Å². The van der Waals surface area contributed by atoms with Crippen LogP contribution in [0.25, 0.3) is 11.3 Å². The highest BCUT2D eigenvalue weighted by Gasteiger charge is 2.20. The summed E-state index contributed by atoms with van der Waals surface area (Å²) < 4.78 is 25.8. The molecule has 4 heterocycles. The van der Waals surface area contributed by atoms with Gasteiger partial charge in [-0.1, -0.05) is 11.6 Å². The lowest BCUT2D eigenvalue weighted by Gasteiger charge is -2.26. The van der Waals surface area contributed by atoms with E-state index in [9.17, 15) is 9.18 Å². The van der Waals surface area contributed by atoms with Crippen LogP contribution in [0.3, 0.4) is 0 Å². The molecule has 0 saturated carbocycles. The molecule has 11 heteroatoms. The summed E-state index contributed by atoms with van der Waals surface area (Å²) in [6.07, 6.45) is 1.97. The highest BCUT2D eigenvalue weighted by Crippen LogP contribution is 2.39. The van der Waals surface area contributed by atoms with Gasteiger partial charge in [0.25, 0.3) is 0 Å². The number of amides is 1. The molecule has 36 heavy (non-hydrogen) atoms. The van der Waals surface area contributed by atoms with E-state index in [2.05, 4.69) is 30.8 Å². The van der Waals surface area contributed by atoms with Crippen molar-refractivity contribution in [3.05, 3.63) is 53.4 Å². The molecule has 0 aliphatic carbocycles. The number of fused-ring (bicyclic) bond motifs is 1. The molecule has 188 valence electrons. The van der Waals surface area contributed by atoms with Crippen molar-refractivity contribution in [3.8, 4) is 17.0 Å². The molecule has 3 N–H and O–H groups in total. The number of carbonyl (C=O) groups excluding carboxylic acids is 1. The van der Waals surface area contributed by atoms with Crippen LogP contribution in [0.2, 0.25) is 5.02 Å². The molecule has 1 aromatic carbocycles. The zero-order chi connectivity index (χ0) is 24.9. The summed E-state index contributed by atoms with van der Waals surface area (Å²) in [6.45, 7) is 4.77. The molecule has 2 aromatic heterocycles. The molecule has 0 bridgehead atoms. The van der Waals surface area contributed by atoms with Gasteiger partial charge < -0.3 is 25.4 Å². The first-order valence-electron chi connectivity index (χ1n) is 11.8. The number of aromatic nitrogens is 2. The summed E-state index contributed by atoms with van der Waals surface area (Å²) in [4.78, 5) is 23.5. The largest absolute Gasteiger partial charge is 0.486 e. The maximum Gasteiger partial charge on any atom is 0.226 e. The average molecular weight is 513 g/mol. The van der Waals surface area contributed by atoms with E-state index >= 15 is 0 Å². The Hall–Kier alpha value is -3.47. The number of benzene rings is 1. The zero-order valence-corrected chi connectivity index (χ0v) is 20.3. The van der Waals surface area contributed by atoms with Crippen molar-refractivity contribution in [1.82, 2.24) is 14.9 Å². The predicted molar refractivity (Wildman–Crippen MR) is 137 cm³/mol. The molecule has 2 aliphatic rings. The van der Waals surface area contributed by atoms with E-state index < -0.39 is 5.82 Å². The number of halogens is 2. The summed E-state index contributed by atoms with van der Waals surface area (Å²) in [7, 11) is 0. The van der Waals surface area contributed by atoms with Gasteiger partial charge in [-0.15, -0.1) is 0 Å². The van der Waals surface area contributed by atoms with Crippen LogP contribution in [-0.4, -0.2) is 66.8 Å². The fourth-order valence-corrected chi connectivity index (χ4v) is 4.24. The quantitative estimate of drug-likeness (QED) is 0.434. The van der Waals surface area contributed by atoms with Crippen molar-refractivity contribution >= 4 is 40.5 Å². The Kier molecular flexibility index (Phi) is 7.45. The molecule has 3 aromatic rings. The number of hydrogen-bond acceptors (Lipinski definition) is 8. The predicted octanol–water partition coefficient (Wildman–Crippen LogP) is 4.14. The van der Waals surface area contributed by atoms with Crippen molar-refractivity contribution in [1.29, 1.82) is 0 Å². The number of ether oxygens (including phenoxy) is 2. The fraction of sp³-hybridized carbons (Fsp3) is 0.320. The Bertz CT molecular complexity index is 1250. The van der Waals surface area contributed by atoms with Gasteiger partial charge in [-0.05, 0) is 30.3 Å². The standard InChI is InChI=1S/C25H26ClFN6O3/c26-16-1-2-19(27)18(13-16)20-15-21(24-25(31-20)29-6-10-36-24)30-17-3-5-28-22(14-17)32-23(34)4-7-33-8-11-35-12-9-33/h1-3,5,13-15H,4,6-12H2,(H3,28,29,30,31,32,34). The van der Waals surface area contributed by atoms with Crippen LogP contribution in [0.4, 0.5) is 27.4 Å². The van der Waals surface area contributed by atoms with Crippen molar-refractivity contribution in [3.63, 3.8) is 0 Å². The second kappa shape index (κ2) is 11.1. The highest BCUT2D eigenvalue weighted by molar-refractivity contribution is 6.30. The third kappa shape index (κ3) is 5.84. The highest BCUT2D eigenvalue weighted by atomic mass is 35.5. The van der Waals surface area contributed by atoms with E-state index in [0.29, 0.717) is 78.8 Å². The van der Waals surface area contributed by atoms with E-state index in [0.717, 1.165) is 13.1 Å². The summed E-state index contributed by atoms with van der Waals surface area (Å²) >= 11 is 6.11. The van der Waals surface area contributed by atoms with Gasteiger partial charge in [0, 0.05) is 54.6 Å². The minimum atomic E-state index is -0.430. The first-order valence-corrected chi connectivity index (χ1v) is 12.1. The summed E-state index contributed by atoms with van der Waals surface area (Å²) in [6, 6.07) is 9.55. The maximum atomic E-state index is 14.6. The number of nitrogens with one attached hydrogen (secondary N) is 3. The second-order valence-electron chi connectivity index (χ2n) is 8.44. The second-order valence-corrected chi connectivity index (χ2v) is 8.88. The van der Waals surface area contributed by atoms with E-state index in [4.69, 9.17) is 21.1 Å². The number of rotatable bonds is 7. The van der Waals surface area contributed by atoms with Crippen LogP contribution in [0.15, 0.2) is 42.6 Å². The van der Waals surface area contributed by atoms with Crippen LogP contribution in [0, 0.1) is 5.82 Å². The van der Waals surface area contributed by atoms with Crippen molar-refractivity contribution in [2.75, 3.05) is 62.0 Å². The Balaban J connectivity index is 1.34. The van der Waals surface area contributed by atoms with Gasteiger partial charge in [0.2, 0.25) is 5.91 Å². The Morgan fingerprint density at radius 2 is 2.03 bits per heavy atom. The van der Waals surface area contributed by atoms with Crippen LogP contribution in [-0.2, 0) is 9.53 Å². The van der Waals surface area contributed by atoms with Gasteiger partial charge in [-0.3, -0.25) is 9.69 Å². The molecule has 0 unspecified atom stereocenters. The lowest BCUT2D eigenvalue weighted by molar-refractivity contribution is -0.116. The molecule has 1 saturated heterocycles. The third-order valence-electron chi connectivity index (χ3n) is 5.88. The molecular weight excluding hydrogens is 487 g/mol. The van der Waals surface area contributed by atoms with Crippen LogP contribution < -0.4 is 20.7 Å². The normalized spacial score (nSPS) is 15.4. The summed E-state index contributed by atoms with van der Waals surface area (Å²) in [5.41, 5.74) is 1.95. The number of hydrogen-bond donors (Lipinski definition) is 3. The first-order chi connectivity index (χ1) is 17.5. The van der Waals surface area contributed by atoms with Gasteiger partial charge in [0.15, 0.2) is 11.6 Å². The molecule has 1 amide bonds. The van der Waals surface area contributed by atoms with Gasteiger partial charge >= 0.3 is 0 Å². The molecule has 0 radical (unpaired) electrons. The molecular formula is C25H26ClFN6O3. The Labute approximate surface area is 213 Å². The lowest BCUT2D eigenvalue weighted by atomic mass is 10.1.